The zero-order valence-electron chi connectivity index (χ0n) is 18.6. The largest absolute Gasteiger partial charge is 0.418 e. The number of nitrogens with one attached hydrogen (secondary N) is 2. The minimum atomic E-state index is -4.59. The number of benzene rings is 3. The monoisotopic (exact) mass is 486 g/mol. The fourth-order valence-electron chi connectivity index (χ4n) is 3.28. The Morgan fingerprint density at radius 3 is 2.32 bits per heavy atom. The van der Waals surface area contributed by atoms with Gasteiger partial charge in [-0.1, -0.05) is 61.9 Å². The molecule has 3 rings (SSSR count). The number of alkyl halides is 3. The van der Waals surface area contributed by atoms with Crippen LogP contribution in [-0.2, 0) is 15.8 Å². The lowest BCUT2D eigenvalue weighted by atomic mass is 10.1. The first kappa shape index (κ1) is 25.4. The molecule has 3 aromatic rings. The Labute approximate surface area is 201 Å². The summed E-state index contributed by atoms with van der Waals surface area (Å²) in [6.07, 6.45) is -2.48. The number of thioether (sulfide) groups is 1. The molecule has 0 aliphatic carbocycles. The molecule has 4 nitrogen and oxygen atoms in total. The molecule has 2 N–H and O–H groups in total. The van der Waals surface area contributed by atoms with Crippen LogP contribution in [0.2, 0.25) is 0 Å². The van der Waals surface area contributed by atoms with Gasteiger partial charge in [-0.25, -0.2) is 0 Å². The van der Waals surface area contributed by atoms with Crippen LogP contribution in [0.5, 0.6) is 0 Å². The van der Waals surface area contributed by atoms with E-state index in [1.165, 1.54) is 30.0 Å². The highest BCUT2D eigenvalue weighted by Crippen LogP contribution is 2.39. The average molecular weight is 487 g/mol. The molecule has 0 radical (unpaired) electrons. The van der Waals surface area contributed by atoms with Crippen molar-refractivity contribution in [3.63, 3.8) is 0 Å². The number of anilines is 2. The fourth-order valence-corrected chi connectivity index (χ4v) is 4.37. The Bertz CT molecular complexity index is 1120. The van der Waals surface area contributed by atoms with Gasteiger partial charge in [0.2, 0.25) is 11.8 Å². The fraction of sp³-hybridized carbons (Fsp3) is 0.231. The molecule has 0 spiro atoms. The topological polar surface area (TPSA) is 58.2 Å². The average Bonchev–Trinajstić information content (AvgIpc) is 2.81. The molecule has 0 aromatic heterocycles. The van der Waals surface area contributed by atoms with Crippen LogP contribution in [0.15, 0.2) is 83.8 Å². The van der Waals surface area contributed by atoms with E-state index in [-0.39, 0.29) is 11.6 Å². The lowest BCUT2D eigenvalue weighted by Gasteiger charge is -2.19. The third-order valence-electron chi connectivity index (χ3n) is 4.96. The van der Waals surface area contributed by atoms with Gasteiger partial charge in [0.1, 0.15) is 5.25 Å². The quantitative estimate of drug-likeness (QED) is 0.312. The van der Waals surface area contributed by atoms with Crippen molar-refractivity contribution in [3.8, 4) is 0 Å². The Morgan fingerprint density at radius 2 is 1.62 bits per heavy atom. The third-order valence-corrected chi connectivity index (χ3v) is 6.21. The smallest absolute Gasteiger partial charge is 0.326 e. The molecule has 34 heavy (non-hydrogen) atoms. The van der Waals surface area contributed by atoms with Crippen molar-refractivity contribution in [2.24, 2.45) is 0 Å². The molecular formula is C26H25F3N2O2S. The van der Waals surface area contributed by atoms with E-state index in [9.17, 15) is 22.8 Å². The second-order valence-electron chi connectivity index (χ2n) is 7.62. The van der Waals surface area contributed by atoms with E-state index in [4.69, 9.17) is 0 Å². The van der Waals surface area contributed by atoms with Crippen molar-refractivity contribution in [2.75, 3.05) is 10.6 Å². The van der Waals surface area contributed by atoms with E-state index in [1.807, 2.05) is 6.92 Å². The van der Waals surface area contributed by atoms with Gasteiger partial charge in [-0.15, -0.1) is 11.8 Å². The molecule has 178 valence electrons. The van der Waals surface area contributed by atoms with Crippen LogP contribution >= 0.6 is 11.8 Å². The number of amides is 2. The summed E-state index contributed by atoms with van der Waals surface area (Å²) in [5.41, 5.74) is 0.0445. The molecule has 0 aliphatic heterocycles. The van der Waals surface area contributed by atoms with E-state index >= 15 is 0 Å². The van der Waals surface area contributed by atoms with E-state index in [0.717, 1.165) is 18.9 Å². The Hall–Kier alpha value is -3.26. The predicted octanol–water partition coefficient (Wildman–Crippen LogP) is 7.31. The molecule has 0 aliphatic rings. The van der Waals surface area contributed by atoms with Gasteiger partial charge in [0, 0.05) is 17.0 Å². The molecule has 8 heteroatoms. The van der Waals surface area contributed by atoms with Gasteiger partial charge in [-0.05, 0) is 42.3 Å². The summed E-state index contributed by atoms with van der Waals surface area (Å²) in [6, 6.07) is 20.8. The van der Waals surface area contributed by atoms with Crippen LogP contribution in [-0.4, -0.2) is 11.8 Å². The first-order chi connectivity index (χ1) is 16.3. The highest BCUT2D eigenvalue weighted by molar-refractivity contribution is 8.00. The number of carbonyl (C=O) groups excluding carboxylic acids is 2. The van der Waals surface area contributed by atoms with Crippen molar-refractivity contribution >= 4 is 35.0 Å². The highest BCUT2D eigenvalue weighted by atomic mass is 32.2. The number of halogens is 3. The van der Waals surface area contributed by atoms with Crippen LogP contribution in [0.25, 0.3) is 0 Å². The lowest BCUT2D eigenvalue weighted by molar-refractivity contribution is -0.137. The van der Waals surface area contributed by atoms with Gasteiger partial charge in [-0.3, -0.25) is 9.59 Å². The molecule has 1 unspecified atom stereocenters. The number of unbranched alkanes of at least 4 members (excludes halogenated alkanes) is 1. The third kappa shape index (κ3) is 7.12. The number of rotatable bonds is 9. The van der Waals surface area contributed by atoms with Crippen molar-refractivity contribution in [1.82, 2.24) is 0 Å². The van der Waals surface area contributed by atoms with Crippen LogP contribution in [0, 0.1) is 0 Å². The summed E-state index contributed by atoms with van der Waals surface area (Å²) in [6.45, 7) is 2.01. The molecule has 0 fully saturated rings. The zero-order chi connectivity index (χ0) is 24.6. The summed E-state index contributed by atoms with van der Waals surface area (Å²) in [7, 11) is 0. The minimum Gasteiger partial charge on any atom is -0.326 e. The molecule has 0 heterocycles. The first-order valence-electron chi connectivity index (χ1n) is 10.9. The van der Waals surface area contributed by atoms with Gasteiger partial charge in [0.15, 0.2) is 0 Å². The number of carbonyl (C=O) groups is 2. The van der Waals surface area contributed by atoms with Gasteiger partial charge in [0.25, 0.3) is 0 Å². The van der Waals surface area contributed by atoms with Gasteiger partial charge < -0.3 is 10.6 Å². The maximum Gasteiger partial charge on any atom is 0.418 e. The molecular weight excluding hydrogens is 461 g/mol. The lowest BCUT2D eigenvalue weighted by Crippen LogP contribution is -2.21. The van der Waals surface area contributed by atoms with E-state index in [0.29, 0.717) is 22.6 Å². The number of para-hydroxylation sites is 1. The summed E-state index contributed by atoms with van der Waals surface area (Å²) in [4.78, 5) is 26.0. The summed E-state index contributed by atoms with van der Waals surface area (Å²) in [5, 5.41) is 4.49. The van der Waals surface area contributed by atoms with Gasteiger partial charge in [0.05, 0.1) is 11.3 Å². The van der Waals surface area contributed by atoms with Gasteiger partial charge >= 0.3 is 6.18 Å². The Balaban J connectivity index is 1.84. The molecule has 0 bridgehead atoms. The van der Waals surface area contributed by atoms with E-state index < -0.39 is 22.9 Å². The van der Waals surface area contributed by atoms with Crippen LogP contribution in [0.4, 0.5) is 24.5 Å². The highest BCUT2D eigenvalue weighted by Gasteiger charge is 2.34. The Morgan fingerprint density at radius 1 is 0.912 bits per heavy atom. The minimum absolute atomic E-state index is 0.0925. The van der Waals surface area contributed by atoms with Crippen molar-refractivity contribution in [2.45, 2.75) is 42.5 Å². The molecule has 3 aromatic carbocycles. The van der Waals surface area contributed by atoms with Crippen molar-refractivity contribution < 1.29 is 22.8 Å². The van der Waals surface area contributed by atoms with Crippen LogP contribution < -0.4 is 10.6 Å². The first-order valence-corrected chi connectivity index (χ1v) is 11.7. The van der Waals surface area contributed by atoms with E-state index in [2.05, 4.69) is 10.6 Å². The SMILES string of the molecule is CCCCC(=O)Nc1cccc(SC(C(=O)Nc2ccccc2C(F)(F)F)c2ccccc2)c1. The number of hydrogen-bond acceptors (Lipinski definition) is 3. The Kier molecular flexibility index (Phi) is 8.76. The zero-order valence-corrected chi connectivity index (χ0v) is 19.4. The summed E-state index contributed by atoms with van der Waals surface area (Å²) in [5.74, 6) is -0.671. The molecule has 1 atom stereocenters. The molecule has 0 saturated carbocycles. The second-order valence-corrected chi connectivity index (χ2v) is 8.80. The molecule has 2 amide bonds. The van der Waals surface area contributed by atoms with Crippen molar-refractivity contribution in [1.29, 1.82) is 0 Å². The van der Waals surface area contributed by atoms with Gasteiger partial charge in [-0.2, -0.15) is 13.2 Å². The normalized spacial score (nSPS) is 12.1. The van der Waals surface area contributed by atoms with E-state index in [1.54, 1.807) is 54.6 Å². The predicted molar refractivity (Wildman–Crippen MR) is 130 cm³/mol. The summed E-state index contributed by atoms with van der Waals surface area (Å²) >= 11 is 1.20. The standard InChI is InChI=1S/C26H25F3N2O2S/c1-2-3-16-23(32)30-19-12-9-13-20(17-19)34-24(18-10-5-4-6-11-18)25(33)31-22-15-8-7-14-21(22)26(27,28)29/h4-15,17,24H,2-3,16H2,1H3,(H,30,32)(H,31,33). The van der Waals surface area contributed by atoms with Crippen LogP contribution in [0.1, 0.15) is 42.6 Å². The summed E-state index contributed by atoms with van der Waals surface area (Å²) < 4.78 is 40.2. The van der Waals surface area contributed by atoms with Crippen LogP contribution in [0.3, 0.4) is 0 Å². The van der Waals surface area contributed by atoms with Crippen molar-refractivity contribution in [3.05, 3.63) is 90.0 Å². The second kappa shape index (κ2) is 11.7. The maximum absolute atomic E-state index is 13.4. The molecule has 0 saturated heterocycles. The number of hydrogen-bond donors (Lipinski definition) is 2. The maximum atomic E-state index is 13.4.